The molecule has 0 spiro atoms. The van der Waals surface area contributed by atoms with Crippen molar-refractivity contribution in [1.29, 1.82) is 0 Å². The first-order valence-electron chi connectivity index (χ1n) is 9.36. The molecule has 8 heteroatoms. The van der Waals surface area contributed by atoms with E-state index in [0.29, 0.717) is 11.6 Å². The van der Waals surface area contributed by atoms with Crippen molar-refractivity contribution in [3.63, 3.8) is 0 Å². The molecular formula is C20H22N4O4. The van der Waals surface area contributed by atoms with Gasteiger partial charge in [0.05, 0.1) is 0 Å². The number of aromatic nitrogens is 1. The normalized spacial score (nSPS) is 21.0. The molecule has 4 rings (SSSR count). The summed E-state index contributed by atoms with van der Waals surface area (Å²) in [5.41, 5.74) is 2.20. The quantitative estimate of drug-likeness (QED) is 0.772. The average molecular weight is 382 g/mol. The SMILES string of the molecule is Cc1cc(NC(=O)CCN2C(=O)NC(C)(c3ccc4c(c3)CCC4)C2=O)no1. The molecule has 2 aromatic rings. The fraction of sp³-hybridized carbons (Fsp3) is 0.400. The maximum atomic E-state index is 13.0. The Morgan fingerprint density at radius 1 is 1.29 bits per heavy atom. The highest BCUT2D eigenvalue weighted by molar-refractivity contribution is 6.07. The van der Waals surface area contributed by atoms with Crippen molar-refractivity contribution in [3.8, 4) is 0 Å². The zero-order valence-electron chi connectivity index (χ0n) is 15.9. The number of amides is 4. The Kier molecular flexibility index (Phi) is 4.41. The van der Waals surface area contributed by atoms with Crippen LogP contribution in [0.1, 0.15) is 42.2 Å². The van der Waals surface area contributed by atoms with E-state index in [4.69, 9.17) is 4.52 Å². The van der Waals surface area contributed by atoms with Gasteiger partial charge in [0, 0.05) is 19.0 Å². The maximum absolute atomic E-state index is 13.0. The summed E-state index contributed by atoms with van der Waals surface area (Å²) in [6, 6.07) is 7.07. The molecule has 1 aliphatic carbocycles. The van der Waals surface area contributed by atoms with Gasteiger partial charge < -0.3 is 15.2 Å². The minimum atomic E-state index is -1.12. The van der Waals surface area contributed by atoms with Crippen LogP contribution in [0.15, 0.2) is 28.8 Å². The van der Waals surface area contributed by atoms with Crippen LogP contribution in [-0.4, -0.2) is 34.4 Å². The van der Waals surface area contributed by atoms with Crippen LogP contribution in [0.25, 0.3) is 0 Å². The van der Waals surface area contributed by atoms with Gasteiger partial charge in [0.15, 0.2) is 5.82 Å². The van der Waals surface area contributed by atoms with Crippen LogP contribution in [0.5, 0.6) is 0 Å². The molecule has 2 N–H and O–H groups in total. The topological polar surface area (TPSA) is 105 Å². The van der Waals surface area contributed by atoms with Crippen molar-refractivity contribution in [2.45, 2.75) is 45.1 Å². The minimum Gasteiger partial charge on any atom is -0.360 e. The van der Waals surface area contributed by atoms with Gasteiger partial charge in [0.2, 0.25) is 5.91 Å². The number of benzene rings is 1. The van der Waals surface area contributed by atoms with Gasteiger partial charge in [-0.15, -0.1) is 0 Å². The minimum absolute atomic E-state index is 0.00609. The summed E-state index contributed by atoms with van der Waals surface area (Å²) in [6.07, 6.45) is 3.14. The molecule has 1 aliphatic heterocycles. The predicted molar refractivity (Wildman–Crippen MR) is 101 cm³/mol. The van der Waals surface area contributed by atoms with Crippen molar-refractivity contribution < 1.29 is 18.9 Å². The summed E-state index contributed by atoms with van der Waals surface area (Å²) in [7, 11) is 0. The second-order valence-electron chi connectivity index (χ2n) is 7.47. The maximum Gasteiger partial charge on any atom is 0.325 e. The van der Waals surface area contributed by atoms with Gasteiger partial charge in [0.1, 0.15) is 11.3 Å². The molecule has 1 aromatic carbocycles. The Morgan fingerprint density at radius 3 is 2.82 bits per heavy atom. The third-order valence-corrected chi connectivity index (χ3v) is 5.41. The van der Waals surface area contributed by atoms with E-state index in [1.54, 1.807) is 19.9 Å². The van der Waals surface area contributed by atoms with Gasteiger partial charge in [-0.3, -0.25) is 14.5 Å². The van der Waals surface area contributed by atoms with Crippen molar-refractivity contribution in [2.24, 2.45) is 0 Å². The number of urea groups is 1. The van der Waals surface area contributed by atoms with E-state index in [0.717, 1.165) is 29.7 Å². The fourth-order valence-electron chi connectivity index (χ4n) is 3.82. The molecule has 2 heterocycles. The third-order valence-electron chi connectivity index (χ3n) is 5.41. The zero-order valence-corrected chi connectivity index (χ0v) is 15.9. The number of nitrogens with one attached hydrogen (secondary N) is 2. The molecule has 28 heavy (non-hydrogen) atoms. The molecule has 146 valence electrons. The third kappa shape index (κ3) is 3.15. The van der Waals surface area contributed by atoms with Crippen LogP contribution >= 0.6 is 0 Å². The first-order valence-corrected chi connectivity index (χ1v) is 9.36. The van der Waals surface area contributed by atoms with E-state index in [1.165, 1.54) is 11.1 Å². The number of fused-ring (bicyclic) bond motifs is 1. The van der Waals surface area contributed by atoms with Crippen molar-refractivity contribution in [2.75, 3.05) is 11.9 Å². The Balaban J connectivity index is 1.44. The lowest BCUT2D eigenvalue weighted by molar-refractivity contribution is -0.131. The number of aryl methyl sites for hydroxylation is 3. The van der Waals surface area contributed by atoms with Crippen molar-refractivity contribution >= 4 is 23.7 Å². The monoisotopic (exact) mass is 382 g/mol. The molecule has 0 bridgehead atoms. The van der Waals surface area contributed by atoms with E-state index in [1.807, 2.05) is 18.2 Å². The van der Waals surface area contributed by atoms with Crippen LogP contribution in [0.2, 0.25) is 0 Å². The molecule has 1 unspecified atom stereocenters. The van der Waals surface area contributed by atoms with E-state index >= 15 is 0 Å². The van der Waals surface area contributed by atoms with Crippen molar-refractivity contribution in [3.05, 3.63) is 46.7 Å². The van der Waals surface area contributed by atoms with Gasteiger partial charge in [-0.1, -0.05) is 23.4 Å². The fourth-order valence-corrected chi connectivity index (χ4v) is 3.82. The van der Waals surface area contributed by atoms with Gasteiger partial charge in [-0.25, -0.2) is 4.79 Å². The smallest absolute Gasteiger partial charge is 0.325 e. The summed E-state index contributed by atoms with van der Waals surface area (Å²) in [5.74, 6) is 0.192. The number of carbonyl (C=O) groups excluding carboxylic acids is 3. The zero-order chi connectivity index (χ0) is 19.9. The highest BCUT2D eigenvalue weighted by Crippen LogP contribution is 2.32. The second-order valence-corrected chi connectivity index (χ2v) is 7.47. The molecule has 1 saturated heterocycles. The molecule has 1 fully saturated rings. The summed E-state index contributed by atoms with van der Waals surface area (Å²) >= 11 is 0. The number of nitrogens with zero attached hydrogens (tertiary/aromatic N) is 2. The van der Waals surface area contributed by atoms with Crippen LogP contribution in [-0.2, 0) is 28.0 Å². The number of hydrogen-bond acceptors (Lipinski definition) is 5. The lowest BCUT2D eigenvalue weighted by atomic mass is 9.89. The molecule has 0 saturated carbocycles. The van der Waals surface area contributed by atoms with Crippen molar-refractivity contribution in [1.82, 2.24) is 15.4 Å². The summed E-state index contributed by atoms with van der Waals surface area (Å²) in [6.45, 7) is 3.42. The van der Waals surface area contributed by atoms with Crippen LogP contribution < -0.4 is 10.6 Å². The van der Waals surface area contributed by atoms with Gasteiger partial charge >= 0.3 is 6.03 Å². The van der Waals surface area contributed by atoms with Crippen LogP contribution in [0, 0.1) is 6.92 Å². The number of carbonyl (C=O) groups is 3. The Labute approximate surface area is 162 Å². The van der Waals surface area contributed by atoms with E-state index in [-0.39, 0.29) is 24.8 Å². The molecule has 8 nitrogen and oxygen atoms in total. The van der Waals surface area contributed by atoms with E-state index in [9.17, 15) is 14.4 Å². The first-order chi connectivity index (χ1) is 13.4. The molecular weight excluding hydrogens is 360 g/mol. The first kappa shape index (κ1) is 18.2. The standard InChI is InChI=1S/C20H22N4O4/c1-12-10-16(23-28-12)21-17(25)8-9-24-18(26)20(2,22-19(24)27)15-7-6-13-4-3-5-14(13)11-15/h6-7,10-11H,3-5,8-9H2,1-2H3,(H,22,27)(H,21,23,25). The Bertz CT molecular complexity index is 967. The van der Waals surface area contributed by atoms with E-state index < -0.39 is 11.6 Å². The average Bonchev–Trinajstić information content (AvgIpc) is 3.33. The summed E-state index contributed by atoms with van der Waals surface area (Å²) in [5, 5.41) is 9.07. The Morgan fingerprint density at radius 2 is 2.07 bits per heavy atom. The Hall–Kier alpha value is -3.16. The van der Waals surface area contributed by atoms with Gasteiger partial charge in [-0.05, 0) is 49.8 Å². The van der Waals surface area contributed by atoms with E-state index in [2.05, 4.69) is 15.8 Å². The lowest BCUT2D eigenvalue weighted by Crippen LogP contribution is -2.41. The molecule has 0 radical (unpaired) electrons. The largest absolute Gasteiger partial charge is 0.360 e. The number of imide groups is 1. The second kappa shape index (κ2) is 6.78. The molecule has 4 amide bonds. The predicted octanol–water partition coefficient (Wildman–Crippen LogP) is 2.27. The molecule has 2 aliphatic rings. The number of rotatable bonds is 5. The van der Waals surface area contributed by atoms with Crippen LogP contribution in [0.3, 0.4) is 0 Å². The highest BCUT2D eigenvalue weighted by Gasteiger charge is 2.49. The lowest BCUT2D eigenvalue weighted by Gasteiger charge is -2.23. The van der Waals surface area contributed by atoms with Gasteiger partial charge in [0.25, 0.3) is 5.91 Å². The molecule has 1 atom stereocenters. The summed E-state index contributed by atoms with van der Waals surface area (Å²) < 4.78 is 4.89. The van der Waals surface area contributed by atoms with Gasteiger partial charge in [-0.2, -0.15) is 0 Å². The number of anilines is 1. The van der Waals surface area contributed by atoms with Crippen LogP contribution in [0.4, 0.5) is 10.6 Å². The highest BCUT2D eigenvalue weighted by atomic mass is 16.5. The number of hydrogen-bond donors (Lipinski definition) is 2. The molecule has 1 aromatic heterocycles. The summed E-state index contributed by atoms with van der Waals surface area (Å²) in [4.78, 5) is 38.6.